The van der Waals surface area contributed by atoms with Crippen LogP contribution in [0.3, 0.4) is 0 Å². The van der Waals surface area contributed by atoms with E-state index >= 15 is 0 Å². The first-order valence-electron chi connectivity index (χ1n) is 12.4. The highest BCUT2D eigenvalue weighted by atomic mass is 16.5. The van der Waals surface area contributed by atoms with E-state index in [9.17, 15) is 14.7 Å². The van der Waals surface area contributed by atoms with E-state index in [2.05, 4.69) is 18.7 Å². The van der Waals surface area contributed by atoms with Crippen LogP contribution in [-0.4, -0.2) is 73.6 Å². The second-order valence-corrected chi connectivity index (χ2v) is 8.45. The molecule has 1 saturated heterocycles. The van der Waals surface area contributed by atoms with Crippen molar-refractivity contribution in [3.8, 4) is 17.2 Å². The second kappa shape index (κ2) is 12.4. The fourth-order valence-electron chi connectivity index (χ4n) is 4.52. The predicted molar refractivity (Wildman–Crippen MR) is 139 cm³/mol. The molecule has 1 fully saturated rings. The van der Waals surface area contributed by atoms with E-state index in [4.69, 9.17) is 14.2 Å². The molecule has 2 aromatic rings. The number of benzene rings is 2. The van der Waals surface area contributed by atoms with E-state index in [0.29, 0.717) is 47.9 Å². The van der Waals surface area contributed by atoms with Gasteiger partial charge >= 0.3 is 0 Å². The SMILES string of the molecule is CCOc1ccc(C2C(=C(O)c3cccc(OC)c3)C(=O)C(=O)N2CCCN(CC)CC)cc1OC. The smallest absolute Gasteiger partial charge is 0.295 e. The predicted octanol–water partition coefficient (Wildman–Crippen LogP) is 4.26. The molecular weight excluding hydrogens is 460 g/mol. The largest absolute Gasteiger partial charge is 0.507 e. The van der Waals surface area contributed by atoms with Crippen LogP contribution in [0.25, 0.3) is 5.76 Å². The van der Waals surface area contributed by atoms with Gasteiger partial charge in [0.2, 0.25) is 0 Å². The summed E-state index contributed by atoms with van der Waals surface area (Å²) >= 11 is 0. The van der Waals surface area contributed by atoms with Gasteiger partial charge in [-0.3, -0.25) is 9.59 Å². The molecule has 3 rings (SSSR count). The number of carbonyl (C=O) groups is 2. The number of hydrogen-bond donors (Lipinski definition) is 1. The fourth-order valence-corrected chi connectivity index (χ4v) is 4.52. The summed E-state index contributed by atoms with van der Waals surface area (Å²) in [7, 11) is 3.07. The molecule has 2 aromatic carbocycles. The topological polar surface area (TPSA) is 88.5 Å². The van der Waals surface area contributed by atoms with E-state index in [1.54, 1.807) is 54.5 Å². The van der Waals surface area contributed by atoms with Crippen LogP contribution in [0.5, 0.6) is 17.2 Å². The molecule has 1 N–H and O–H groups in total. The Morgan fingerprint density at radius 3 is 2.39 bits per heavy atom. The van der Waals surface area contributed by atoms with E-state index in [-0.39, 0.29) is 11.3 Å². The van der Waals surface area contributed by atoms with Gasteiger partial charge < -0.3 is 29.1 Å². The van der Waals surface area contributed by atoms with Crippen LogP contribution in [0.2, 0.25) is 0 Å². The van der Waals surface area contributed by atoms with Crippen molar-refractivity contribution in [3.05, 3.63) is 59.2 Å². The molecule has 0 aromatic heterocycles. The minimum Gasteiger partial charge on any atom is -0.507 e. The number of rotatable bonds is 12. The summed E-state index contributed by atoms with van der Waals surface area (Å²) in [6.45, 7) is 9.52. The Labute approximate surface area is 213 Å². The molecule has 1 heterocycles. The molecule has 0 bridgehead atoms. The number of carbonyl (C=O) groups excluding carboxylic acids is 2. The molecule has 0 aliphatic carbocycles. The molecule has 1 unspecified atom stereocenters. The molecule has 1 aliphatic heterocycles. The summed E-state index contributed by atoms with van der Waals surface area (Å²) in [5, 5.41) is 11.3. The van der Waals surface area contributed by atoms with Crippen molar-refractivity contribution in [2.45, 2.75) is 33.2 Å². The Kier molecular flexibility index (Phi) is 9.36. The molecule has 0 saturated carbocycles. The standard InChI is InChI=1S/C28H36N2O6/c1-6-29(7-2)15-10-16-30-25(19-13-14-22(36-8-3)23(18-19)35-5)24(27(32)28(30)33)26(31)20-11-9-12-21(17-20)34-4/h9,11-14,17-18,25,31H,6-8,10,15-16H2,1-5H3. The minimum absolute atomic E-state index is 0.0438. The normalized spacial score (nSPS) is 17.1. The number of ether oxygens (including phenoxy) is 3. The number of Topliss-reactive ketones (excluding diaryl/α,β-unsaturated/α-hetero) is 1. The second-order valence-electron chi connectivity index (χ2n) is 8.45. The first-order valence-corrected chi connectivity index (χ1v) is 12.4. The lowest BCUT2D eigenvalue weighted by Gasteiger charge is -2.27. The third-order valence-electron chi connectivity index (χ3n) is 6.45. The van der Waals surface area contributed by atoms with Crippen LogP contribution in [-0.2, 0) is 9.59 Å². The lowest BCUT2D eigenvalue weighted by molar-refractivity contribution is -0.140. The van der Waals surface area contributed by atoms with Gasteiger partial charge in [-0.25, -0.2) is 0 Å². The molecule has 1 atom stereocenters. The van der Waals surface area contributed by atoms with Crippen LogP contribution in [0.15, 0.2) is 48.0 Å². The quantitative estimate of drug-likeness (QED) is 0.267. The van der Waals surface area contributed by atoms with Crippen LogP contribution in [0.1, 0.15) is 44.4 Å². The van der Waals surface area contributed by atoms with Gasteiger partial charge in [0.05, 0.1) is 32.4 Å². The first kappa shape index (κ1) is 27.1. The van der Waals surface area contributed by atoms with Gasteiger partial charge in [-0.1, -0.05) is 32.0 Å². The minimum atomic E-state index is -0.766. The molecule has 0 radical (unpaired) electrons. The number of amides is 1. The summed E-state index contributed by atoms with van der Waals surface area (Å²) < 4.78 is 16.5. The van der Waals surface area contributed by atoms with Crippen molar-refractivity contribution in [1.82, 2.24) is 9.80 Å². The zero-order valence-electron chi connectivity index (χ0n) is 21.7. The maximum Gasteiger partial charge on any atom is 0.295 e. The number of aliphatic hydroxyl groups excluding tert-OH is 1. The highest BCUT2D eigenvalue weighted by Gasteiger charge is 2.46. The summed E-state index contributed by atoms with van der Waals surface area (Å²) in [5.41, 5.74) is 1.10. The number of likely N-dealkylation sites (tertiary alicyclic amines) is 1. The Morgan fingerprint density at radius 2 is 1.75 bits per heavy atom. The van der Waals surface area contributed by atoms with E-state index in [0.717, 1.165) is 19.6 Å². The number of methoxy groups -OCH3 is 2. The summed E-state index contributed by atoms with van der Waals surface area (Å²) in [6, 6.07) is 11.4. The Hall–Kier alpha value is -3.52. The number of nitrogens with zero attached hydrogens (tertiary/aromatic N) is 2. The number of ketones is 1. The molecule has 194 valence electrons. The highest BCUT2D eigenvalue weighted by molar-refractivity contribution is 6.46. The van der Waals surface area contributed by atoms with E-state index in [1.807, 2.05) is 6.92 Å². The summed E-state index contributed by atoms with van der Waals surface area (Å²) in [5.74, 6) is 0.00970. The van der Waals surface area contributed by atoms with Gasteiger partial charge in [0.25, 0.3) is 11.7 Å². The van der Waals surface area contributed by atoms with Gasteiger partial charge in [-0.05, 0) is 62.8 Å². The van der Waals surface area contributed by atoms with Gasteiger partial charge in [0.1, 0.15) is 11.5 Å². The van der Waals surface area contributed by atoms with Gasteiger partial charge in [-0.15, -0.1) is 0 Å². The average Bonchev–Trinajstić information content (AvgIpc) is 3.16. The maximum absolute atomic E-state index is 13.3. The Morgan fingerprint density at radius 1 is 1.00 bits per heavy atom. The third-order valence-corrected chi connectivity index (χ3v) is 6.45. The van der Waals surface area contributed by atoms with E-state index < -0.39 is 17.7 Å². The van der Waals surface area contributed by atoms with Gasteiger partial charge in [-0.2, -0.15) is 0 Å². The Bertz CT molecular complexity index is 1110. The summed E-state index contributed by atoms with van der Waals surface area (Å²) in [6.07, 6.45) is 0.693. The van der Waals surface area contributed by atoms with Crippen LogP contribution < -0.4 is 14.2 Å². The molecule has 36 heavy (non-hydrogen) atoms. The monoisotopic (exact) mass is 496 g/mol. The lowest BCUT2D eigenvalue weighted by atomic mass is 9.95. The Balaban J connectivity index is 2.10. The molecule has 1 amide bonds. The first-order chi connectivity index (χ1) is 17.4. The van der Waals surface area contributed by atoms with Crippen molar-refractivity contribution in [1.29, 1.82) is 0 Å². The molecule has 0 spiro atoms. The van der Waals surface area contributed by atoms with Crippen molar-refractivity contribution < 1.29 is 28.9 Å². The average molecular weight is 497 g/mol. The molecule has 8 heteroatoms. The van der Waals surface area contributed by atoms with Crippen molar-refractivity contribution in [2.24, 2.45) is 0 Å². The van der Waals surface area contributed by atoms with Gasteiger partial charge in [0.15, 0.2) is 11.5 Å². The lowest BCUT2D eigenvalue weighted by Crippen LogP contribution is -2.33. The maximum atomic E-state index is 13.3. The summed E-state index contributed by atoms with van der Waals surface area (Å²) in [4.78, 5) is 30.3. The molecular formula is C28H36N2O6. The van der Waals surface area contributed by atoms with Crippen molar-refractivity contribution in [3.63, 3.8) is 0 Å². The zero-order chi connectivity index (χ0) is 26.2. The molecule has 1 aliphatic rings. The van der Waals surface area contributed by atoms with Crippen molar-refractivity contribution in [2.75, 3.05) is 47.0 Å². The van der Waals surface area contributed by atoms with Crippen molar-refractivity contribution >= 4 is 17.4 Å². The van der Waals surface area contributed by atoms with E-state index in [1.165, 1.54) is 7.11 Å². The zero-order valence-corrected chi connectivity index (χ0v) is 21.7. The van der Waals surface area contributed by atoms with Crippen LogP contribution in [0.4, 0.5) is 0 Å². The fraction of sp³-hybridized carbons (Fsp3) is 0.429. The highest BCUT2D eigenvalue weighted by Crippen LogP contribution is 2.42. The number of hydrogen-bond acceptors (Lipinski definition) is 7. The van der Waals surface area contributed by atoms with Gasteiger partial charge in [0, 0.05) is 12.1 Å². The third kappa shape index (κ3) is 5.65. The number of aliphatic hydroxyl groups is 1. The molecule has 8 nitrogen and oxygen atoms in total. The van der Waals surface area contributed by atoms with Crippen LogP contribution >= 0.6 is 0 Å². The van der Waals surface area contributed by atoms with Crippen LogP contribution in [0, 0.1) is 0 Å².